The molecule has 8 aromatic carbocycles. The summed E-state index contributed by atoms with van der Waals surface area (Å²) in [5.41, 5.74) is 8.77. The van der Waals surface area contributed by atoms with Gasteiger partial charge in [0.2, 0.25) is 0 Å². The fourth-order valence-electron chi connectivity index (χ4n) is 8.09. The van der Waals surface area contributed by atoms with E-state index in [9.17, 15) is 2.74 Å². The van der Waals surface area contributed by atoms with E-state index in [4.69, 9.17) is 4.11 Å². The van der Waals surface area contributed by atoms with Crippen molar-refractivity contribution in [2.45, 2.75) is 5.41 Å². The van der Waals surface area contributed by atoms with Gasteiger partial charge >= 0.3 is 0 Å². The quantitative estimate of drug-likeness (QED) is 0.170. The van der Waals surface area contributed by atoms with Crippen molar-refractivity contribution in [3.63, 3.8) is 0 Å². The first-order valence-electron chi connectivity index (χ1n) is 19.6. The number of fused-ring (bicyclic) bond motifs is 6. The molecular formula is C49H33NS. The first-order valence-corrected chi connectivity index (χ1v) is 17.9. The average molecular weight is 673 g/mol. The molecule has 0 bridgehead atoms. The highest BCUT2D eigenvalue weighted by Gasteiger charge is 2.47. The number of anilines is 3. The Balaban J connectivity index is 1.28. The lowest BCUT2D eigenvalue weighted by Gasteiger charge is -2.35. The molecule has 1 aromatic heterocycles. The zero-order chi connectivity index (χ0) is 38.1. The van der Waals surface area contributed by atoms with Crippen LogP contribution in [0.5, 0.6) is 0 Å². The molecule has 0 radical (unpaired) electrons. The van der Waals surface area contributed by atoms with Gasteiger partial charge in [-0.05, 0) is 93.0 Å². The Labute approximate surface area is 309 Å². The second-order valence-corrected chi connectivity index (χ2v) is 14.0. The standard InChI is InChI=1S/C49H33NS/c1-4-15-34(16-5-1)35-27-29-38(30-28-35)50(37-19-8-3-9-20-37)39-31-32-44-42(33-39)40-21-10-12-23-43(40)49(44,36-17-6-2-7-18-36)45-24-14-26-47-48(45)41-22-11-13-25-46(41)51-47/h1-33H/i2D,6D,7D,17D,18D. The molecule has 10 rings (SSSR count). The van der Waals surface area contributed by atoms with Crippen LogP contribution < -0.4 is 4.90 Å². The van der Waals surface area contributed by atoms with Gasteiger partial charge in [0.1, 0.15) is 0 Å². The van der Waals surface area contributed by atoms with Crippen LogP contribution >= 0.6 is 11.3 Å². The Hall–Kier alpha value is -6.22. The second-order valence-electron chi connectivity index (χ2n) is 12.9. The number of para-hydroxylation sites is 1. The maximum atomic E-state index is 9.53. The van der Waals surface area contributed by atoms with Crippen molar-refractivity contribution in [3.05, 3.63) is 222 Å². The summed E-state index contributed by atoms with van der Waals surface area (Å²) in [6.07, 6.45) is 0. The number of benzene rings is 8. The number of rotatable bonds is 6. The topological polar surface area (TPSA) is 3.24 Å². The van der Waals surface area contributed by atoms with Gasteiger partial charge < -0.3 is 4.90 Å². The first-order chi connectivity index (χ1) is 27.4. The number of hydrogen-bond acceptors (Lipinski definition) is 2. The molecule has 0 spiro atoms. The Morgan fingerprint density at radius 3 is 1.88 bits per heavy atom. The van der Waals surface area contributed by atoms with Crippen LogP contribution in [0.4, 0.5) is 17.1 Å². The van der Waals surface area contributed by atoms with Crippen molar-refractivity contribution in [2.75, 3.05) is 4.90 Å². The van der Waals surface area contributed by atoms with Crippen LogP contribution in [0, 0.1) is 0 Å². The molecule has 51 heavy (non-hydrogen) atoms. The highest BCUT2D eigenvalue weighted by Crippen LogP contribution is 2.59. The summed E-state index contributed by atoms with van der Waals surface area (Å²) < 4.78 is 47.7. The lowest BCUT2D eigenvalue weighted by atomic mass is 9.66. The molecule has 1 heterocycles. The Morgan fingerprint density at radius 1 is 0.451 bits per heavy atom. The largest absolute Gasteiger partial charge is 0.310 e. The monoisotopic (exact) mass is 672 g/mol. The van der Waals surface area contributed by atoms with E-state index in [1.165, 1.54) is 0 Å². The minimum absolute atomic E-state index is 0.205. The molecule has 1 atom stereocenters. The third kappa shape index (κ3) is 4.61. The van der Waals surface area contributed by atoms with Gasteiger partial charge in [-0.3, -0.25) is 0 Å². The normalized spacial score (nSPS) is 16.1. The van der Waals surface area contributed by atoms with E-state index in [0.717, 1.165) is 76.2 Å². The van der Waals surface area contributed by atoms with Crippen molar-refractivity contribution < 1.29 is 6.85 Å². The van der Waals surface area contributed by atoms with Gasteiger partial charge in [0.05, 0.1) is 12.3 Å². The first kappa shape index (κ1) is 24.8. The van der Waals surface area contributed by atoms with Gasteiger partial charge in [0.25, 0.3) is 0 Å². The summed E-state index contributed by atoms with van der Waals surface area (Å²) >= 11 is 1.70. The SMILES string of the molecule is [2H]c1c([2H])c([2H])c(C2(c3cccc4sc5ccccc5c34)c3ccccc3-c3cc(N(c4ccccc4)c4ccc(-c5ccccc5)cc4)ccc32)c([2H])c1[2H]. The average Bonchev–Trinajstić information content (AvgIpc) is 3.77. The van der Waals surface area contributed by atoms with Crippen molar-refractivity contribution in [2.24, 2.45) is 0 Å². The maximum Gasteiger partial charge on any atom is 0.0720 e. The molecule has 1 aliphatic carbocycles. The van der Waals surface area contributed by atoms with E-state index < -0.39 is 11.5 Å². The summed E-state index contributed by atoms with van der Waals surface area (Å²) in [7, 11) is 0. The lowest BCUT2D eigenvalue weighted by Crippen LogP contribution is -2.28. The van der Waals surface area contributed by atoms with Crippen LogP contribution in [0.25, 0.3) is 42.4 Å². The van der Waals surface area contributed by atoms with Crippen molar-refractivity contribution in [3.8, 4) is 22.3 Å². The number of nitrogens with zero attached hydrogens (tertiary/aromatic N) is 1. The predicted octanol–water partition coefficient (Wildman–Crippen LogP) is 13.6. The molecule has 1 nitrogen and oxygen atoms in total. The fourth-order valence-corrected chi connectivity index (χ4v) is 9.22. The van der Waals surface area contributed by atoms with Gasteiger partial charge in [-0.25, -0.2) is 0 Å². The zero-order valence-corrected chi connectivity index (χ0v) is 28.3. The molecule has 2 heteroatoms. The van der Waals surface area contributed by atoms with Crippen LogP contribution in [0.2, 0.25) is 0 Å². The van der Waals surface area contributed by atoms with E-state index >= 15 is 0 Å². The van der Waals surface area contributed by atoms with E-state index in [1.807, 2.05) is 66.7 Å². The molecule has 240 valence electrons. The molecule has 1 unspecified atom stereocenters. The van der Waals surface area contributed by atoms with Gasteiger partial charge in [0.15, 0.2) is 0 Å². The second kappa shape index (κ2) is 12.0. The zero-order valence-electron chi connectivity index (χ0n) is 32.5. The smallest absolute Gasteiger partial charge is 0.0720 e. The summed E-state index contributed by atoms with van der Waals surface area (Å²) in [5, 5.41) is 2.10. The van der Waals surface area contributed by atoms with E-state index in [1.54, 1.807) is 11.3 Å². The molecular weight excluding hydrogens is 635 g/mol. The van der Waals surface area contributed by atoms with Gasteiger partial charge in [-0.2, -0.15) is 0 Å². The number of thiophene rings is 1. The Morgan fingerprint density at radius 2 is 1.06 bits per heavy atom. The molecule has 0 aliphatic heterocycles. The van der Waals surface area contributed by atoms with Crippen molar-refractivity contribution in [1.82, 2.24) is 0 Å². The Kier molecular flexibility index (Phi) is 5.84. The van der Waals surface area contributed by atoms with Gasteiger partial charge in [-0.15, -0.1) is 11.3 Å². The van der Waals surface area contributed by atoms with E-state index in [0.29, 0.717) is 0 Å². The minimum Gasteiger partial charge on any atom is -0.310 e. The van der Waals surface area contributed by atoms with Gasteiger partial charge in [-0.1, -0.05) is 152 Å². The molecule has 0 saturated heterocycles. The maximum absolute atomic E-state index is 9.53. The molecule has 1 aliphatic rings. The van der Waals surface area contributed by atoms with Crippen LogP contribution in [0.3, 0.4) is 0 Å². The number of hydrogen-bond donors (Lipinski definition) is 0. The summed E-state index contributed by atoms with van der Waals surface area (Å²) in [5.74, 6) is 0. The highest BCUT2D eigenvalue weighted by molar-refractivity contribution is 7.25. The Bertz CT molecular complexity index is 2950. The van der Waals surface area contributed by atoms with Gasteiger partial charge in [0, 0.05) is 37.2 Å². The minimum atomic E-state index is -1.24. The van der Waals surface area contributed by atoms with Crippen LogP contribution in [0.1, 0.15) is 29.1 Å². The molecule has 9 aromatic rings. The van der Waals surface area contributed by atoms with Crippen LogP contribution in [-0.2, 0) is 5.41 Å². The van der Waals surface area contributed by atoms with E-state index in [-0.39, 0.29) is 29.7 Å². The highest BCUT2D eigenvalue weighted by atomic mass is 32.1. The molecule has 0 saturated carbocycles. The predicted molar refractivity (Wildman–Crippen MR) is 217 cm³/mol. The van der Waals surface area contributed by atoms with Crippen molar-refractivity contribution in [1.29, 1.82) is 0 Å². The third-order valence-corrected chi connectivity index (χ3v) is 11.4. The van der Waals surface area contributed by atoms with E-state index in [2.05, 4.69) is 108 Å². The summed E-state index contributed by atoms with van der Waals surface area (Å²) in [6, 6.07) is 56.9. The lowest BCUT2D eigenvalue weighted by molar-refractivity contribution is 0.777. The molecule has 0 fully saturated rings. The van der Waals surface area contributed by atoms with Crippen LogP contribution in [0.15, 0.2) is 200 Å². The molecule has 0 N–H and O–H groups in total. The van der Waals surface area contributed by atoms with Crippen molar-refractivity contribution >= 4 is 48.6 Å². The fraction of sp³-hybridized carbons (Fsp3) is 0.0204. The summed E-state index contributed by atoms with van der Waals surface area (Å²) in [4.78, 5) is 2.25. The molecule has 0 amide bonds. The third-order valence-electron chi connectivity index (χ3n) is 10.2. The van der Waals surface area contributed by atoms with Crippen LogP contribution in [-0.4, -0.2) is 0 Å². The summed E-state index contributed by atoms with van der Waals surface area (Å²) in [6.45, 7) is 0.